The molecule has 2 saturated heterocycles. The Kier molecular flexibility index (Phi) is 6.04. The Morgan fingerprint density at radius 2 is 1.67 bits per heavy atom. The molecule has 0 spiro atoms. The van der Waals surface area contributed by atoms with Gasteiger partial charge in [0.25, 0.3) is 5.91 Å². The largest absolute Gasteiger partial charge is 0.341 e. The van der Waals surface area contributed by atoms with Crippen LogP contribution in [0.5, 0.6) is 0 Å². The quantitative estimate of drug-likeness (QED) is 0.745. The molecule has 0 radical (unpaired) electrons. The van der Waals surface area contributed by atoms with Crippen LogP contribution in [0.4, 0.5) is 5.95 Å². The van der Waals surface area contributed by atoms with E-state index < -0.39 is 9.84 Å². The molecular formula is C22H28N4O3S. The van der Waals surface area contributed by atoms with E-state index in [1.165, 1.54) is 18.9 Å². The predicted molar refractivity (Wildman–Crippen MR) is 116 cm³/mol. The molecule has 2 aromatic rings. The van der Waals surface area contributed by atoms with Gasteiger partial charge in [-0.25, -0.2) is 18.4 Å². The highest BCUT2D eigenvalue weighted by atomic mass is 32.2. The van der Waals surface area contributed by atoms with Crippen molar-refractivity contribution in [3.05, 3.63) is 47.8 Å². The molecule has 4 rings (SSSR count). The maximum atomic E-state index is 12.7. The van der Waals surface area contributed by atoms with Crippen molar-refractivity contribution >= 4 is 21.7 Å². The normalized spacial score (nSPS) is 18.4. The molecule has 0 aliphatic carbocycles. The molecule has 0 N–H and O–H groups in total. The molecule has 1 aromatic heterocycles. The number of amides is 1. The van der Waals surface area contributed by atoms with Gasteiger partial charge in [-0.1, -0.05) is 18.2 Å². The van der Waals surface area contributed by atoms with Crippen LogP contribution in [0.25, 0.3) is 0 Å². The molecule has 1 aromatic carbocycles. The minimum Gasteiger partial charge on any atom is -0.341 e. The molecule has 0 bridgehead atoms. The fraction of sp³-hybridized carbons (Fsp3) is 0.500. The van der Waals surface area contributed by atoms with Gasteiger partial charge < -0.3 is 9.80 Å². The lowest BCUT2D eigenvalue weighted by Crippen LogP contribution is -2.38. The number of nitrogens with zero attached hydrogens (tertiary/aromatic N) is 4. The predicted octanol–water partition coefficient (Wildman–Crippen LogP) is 2.89. The molecule has 3 heterocycles. The number of likely N-dealkylation sites (tertiary alicyclic amines) is 1. The Bertz CT molecular complexity index is 996. The Labute approximate surface area is 178 Å². The van der Waals surface area contributed by atoms with Crippen LogP contribution in [0, 0.1) is 0 Å². The van der Waals surface area contributed by atoms with E-state index in [0.717, 1.165) is 25.9 Å². The summed E-state index contributed by atoms with van der Waals surface area (Å²) in [5.41, 5.74) is 1.29. The zero-order valence-electron chi connectivity index (χ0n) is 17.3. The van der Waals surface area contributed by atoms with E-state index in [2.05, 4.69) is 9.88 Å². The van der Waals surface area contributed by atoms with Gasteiger partial charge in [0.15, 0.2) is 9.84 Å². The molecule has 0 saturated carbocycles. The third-order valence-corrected chi connectivity index (χ3v) is 7.11. The molecule has 8 heteroatoms. The van der Waals surface area contributed by atoms with Crippen molar-refractivity contribution in [3.8, 4) is 0 Å². The smallest absolute Gasteiger partial charge is 0.253 e. The van der Waals surface area contributed by atoms with Crippen LogP contribution in [-0.4, -0.2) is 61.6 Å². The van der Waals surface area contributed by atoms with Gasteiger partial charge >= 0.3 is 0 Å². The topological polar surface area (TPSA) is 83.5 Å². The number of sulfone groups is 1. The van der Waals surface area contributed by atoms with E-state index in [-0.39, 0.29) is 16.7 Å². The zero-order valence-corrected chi connectivity index (χ0v) is 18.1. The van der Waals surface area contributed by atoms with E-state index in [0.29, 0.717) is 43.1 Å². The number of rotatable bonds is 4. The molecule has 160 valence electrons. The van der Waals surface area contributed by atoms with Crippen LogP contribution in [-0.2, 0) is 9.84 Å². The molecular weight excluding hydrogens is 400 g/mol. The minimum atomic E-state index is -3.43. The Morgan fingerprint density at radius 3 is 2.30 bits per heavy atom. The minimum absolute atomic E-state index is 0.00101. The molecule has 30 heavy (non-hydrogen) atoms. The molecule has 2 fully saturated rings. The van der Waals surface area contributed by atoms with E-state index >= 15 is 0 Å². The summed E-state index contributed by atoms with van der Waals surface area (Å²) in [6.45, 7) is 2.98. The number of piperidine rings is 2. The van der Waals surface area contributed by atoms with Crippen molar-refractivity contribution in [3.63, 3.8) is 0 Å². The summed E-state index contributed by atoms with van der Waals surface area (Å²) in [6, 6.07) is 9.27. The molecule has 2 aliphatic heterocycles. The highest BCUT2D eigenvalue weighted by Crippen LogP contribution is 2.32. The first-order valence-corrected chi connectivity index (χ1v) is 12.5. The Hall–Kier alpha value is -2.48. The monoisotopic (exact) mass is 428 g/mol. The van der Waals surface area contributed by atoms with Crippen molar-refractivity contribution in [2.75, 3.05) is 37.3 Å². The van der Waals surface area contributed by atoms with Crippen molar-refractivity contribution < 1.29 is 13.2 Å². The third kappa shape index (κ3) is 4.48. The fourth-order valence-corrected chi connectivity index (χ4v) is 5.15. The number of hydrogen-bond donors (Lipinski definition) is 0. The second kappa shape index (κ2) is 8.71. The average Bonchev–Trinajstić information content (AvgIpc) is 2.79. The lowest BCUT2D eigenvalue weighted by molar-refractivity contribution is 0.0711. The van der Waals surface area contributed by atoms with Gasteiger partial charge in [0, 0.05) is 43.9 Å². The summed E-state index contributed by atoms with van der Waals surface area (Å²) in [7, 11) is -3.43. The number of aromatic nitrogens is 2. The van der Waals surface area contributed by atoms with Crippen LogP contribution in [0.2, 0.25) is 0 Å². The van der Waals surface area contributed by atoms with E-state index in [4.69, 9.17) is 4.98 Å². The van der Waals surface area contributed by atoms with Crippen LogP contribution >= 0.6 is 0 Å². The average molecular weight is 429 g/mol. The van der Waals surface area contributed by atoms with Crippen molar-refractivity contribution in [2.24, 2.45) is 0 Å². The van der Waals surface area contributed by atoms with Crippen molar-refractivity contribution in [1.29, 1.82) is 0 Å². The summed E-state index contributed by atoms with van der Waals surface area (Å²) < 4.78 is 24.8. The molecule has 2 aliphatic rings. The maximum Gasteiger partial charge on any atom is 0.253 e. The number of anilines is 1. The fourth-order valence-electron chi connectivity index (χ4n) is 4.32. The third-order valence-electron chi connectivity index (χ3n) is 6.00. The van der Waals surface area contributed by atoms with Crippen molar-refractivity contribution in [1.82, 2.24) is 14.9 Å². The van der Waals surface area contributed by atoms with Crippen LogP contribution < -0.4 is 4.90 Å². The second-order valence-electron chi connectivity index (χ2n) is 8.17. The summed E-state index contributed by atoms with van der Waals surface area (Å²) in [5.74, 6) is 0.648. The lowest BCUT2D eigenvalue weighted by Gasteiger charge is -2.33. The number of benzene rings is 1. The lowest BCUT2D eigenvalue weighted by atomic mass is 9.93. The van der Waals surface area contributed by atoms with Gasteiger partial charge in [-0.2, -0.15) is 0 Å². The summed E-state index contributed by atoms with van der Waals surface area (Å²) in [6.07, 6.45) is 7.49. The molecule has 7 nitrogen and oxygen atoms in total. The van der Waals surface area contributed by atoms with E-state index in [9.17, 15) is 13.2 Å². The van der Waals surface area contributed by atoms with Gasteiger partial charge in [-0.15, -0.1) is 0 Å². The van der Waals surface area contributed by atoms with Gasteiger partial charge in [0.05, 0.1) is 11.9 Å². The Morgan fingerprint density at radius 1 is 1.00 bits per heavy atom. The number of hydrogen-bond acceptors (Lipinski definition) is 6. The zero-order chi connectivity index (χ0) is 21.1. The number of carbonyl (C=O) groups excluding carboxylic acids is 1. The molecule has 0 atom stereocenters. The summed E-state index contributed by atoms with van der Waals surface area (Å²) in [4.78, 5) is 26.1. The molecule has 0 unspecified atom stereocenters. The highest BCUT2D eigenvalue weighted by molar-refractivity contribution is 7.90. The van der Waals surface area contributed by atoms with Crippen LogP contribution in [0.1, 0.15) is 54.1 Å². The number of carbonyl (C=O) groups is 1. The summed E-state index contributed by atoms with van der Waals surface area (Å²) >= 11 is 0. The van der Waals surface area contributed by atoms with Gasteiger partial charge in [0.2, 0.25) is 5.95 Å². The van der Waals surface area contributed by atoms with E-state index in [1.807, 2.05) is 35.2 Å². The maximum absolute atomic E-state index is 12.7. The first-order chi connectivity index (χ1) is 14.4. The second-order valence-corrected chi connectivity index (χ2v) is 10.2. The Balaban J connectivity index is 1.55. The van der Waals surface area contributed by atoms with Gasteiger partial charge in [-0.3, -0.25) is 4.79 Å². The standard InChI is InChI=1S/C22H28N4O3S/c1-30(28,29)19-16-23-22(26-12-6-3-7-13-26)24-20(19)17-10-14-25(15-11-17)21(27)18-8-4-2-5-9-18/h2,4-5,8-9,16-17H,3,6-7,10-15H2,1H3. The first-order valence-electron chi connectivity index (χ1n) is 10.6. The molecule has 1 amide bonds. The van der Waals surface area contributed by atoms with Crippen LogP contribution in [0.3, 0.4) is 0 Å². The summed E-state index contributed by atoms with van der Waals surface area (Å²) in [5, 5.41) is 0. The van der Waals surface area contributed by atoms with Gasteiger partial charge in [-0.05, 0) is 44.2 Å². The van der Waals surface area contributed by atoms with Crippen molar-refractivity contribution in [2.45, 2.75) is 42.9 Å². The van der Waals surface area contributed by atoms with Gasteiger partial charge in [0.1, 0.15) is 4.90 Å². The first kappa shape index (κ1) is 20.8. The SMILES string of the molecule is CS(=O)(=O)c1cnc(N2CCCCC2)nc1C1CCN(C(=O)c2ccccc2)CC1. The highest BCUT2D eigenvalue weighted by Gasteiger charge is 2.30. The van der Waals surface area contributed by atoms with E-state index in [1.54, 1.807) is 0 Å². The van der Waals surface area contributed by atoms with Crippen LogP contribution in [0.15, 0.2) is 41.4 Å².